The molecule has 2 N–H and O–H groups in total. The zero-order valence-corrected chi connectivity index (χ0v) is 12.4. The number of halogens is 1. The largest absolute Gasteiger partial charge is 0.507 e. The number of aliphatic hydroxyl groups is 1. The number of ether oxygens (including phenoxy) is 1. The lowest BCUT2D eigenvalue weighted by Crippen LogP contribution is -2.12. The molecule has 6 heteroatoms. The van der Waals surface area contributed by atoms with Crippen LogP contribution in [0.25, 0.3) is 6.08 Å². The Bertz CT molecular complexity index is 663. The highest BCUT2D eigenvalue weighted by atomic mass is 19.1. The van der Waals surface area contributed by atoms with Gasteiger partial charge in [0.25, 0.3) is 0 Å². The quantitative estimate of drug-likeness (QED) is 0.566. The SMILES string of the molecule is O=C1CC=CCOC(=O)c2c(O)ccc(F)c2C=CC[C@H](O)C1. The lowest BCUT2D eigenvalue weighted by Gasteiger charge is -2.10. The van der Waals surface area contributed by atoms with Crippen LogP contribution in [0.3, 0.4) is 0 Å². The summed E-state index contributed by atoms with van der Waals surface area (Å²) in [5.41, 5.74) is -0.383. The van der Waals surface area contributed by atoms with Crippen molar-refractivity contribution in [3.63, 3.8) is 0 Å². The molecule has 1 atom stereocenters. The molecule has 2 rings (SSSR count). The van der Waals surface area contributed by atoms with Crippen LogP contribution in [0.5, 0.6) is 5.75 Å². The molecule has 0 aromatic heterocycles. The van der Waals surface area contributed by atoms with E-state index in [0.29, 0.717) is 0 Å². The zero-order chi connectivity index (χ0) is 16.8. The predicted molar refractivity (Wildman–Crippen MR) is 81.4 cm³/mol. The molecule has 1 aliphatic heterocycles. The Morgan fingerprint density at radius 2 is 1.96 bits per heavy atom. The fourth-order valence-corrected chi connectivity index (χ4v) is 2.21. The molecule has 1 aromatic rings. The van der Waals surface area contributed by atoms with Gasteiger partial charge in [0.05, 0.1) is 6.10 Å². The van der Waals surface area contributed by atoms with Crippen molar-refractivity contribution in [1.29, 1.82) is 0 Å². The maximum Gasteiger partial charge on any atom is 0.342 e. The molecule has 0 spiro atoms. The van der Waals surface area contributed by atoms with E-state index in [1.807, 2.05) is 0 Å². The van der Waals surface area contributed by atoms with E-state index in [1.165, 1.54) is 24.3 Å². The summed E-state index contributed by atoms with van der Waals surface area (Å²) in [7, 11) is 0. The number of fused-ring (bicyclic) bond motifs is 1. The minimum atomic E-state index is -0.883. The first-order valence-electron chi connectivity index (χ1n) is 7.19. The molecular weight excluding hydrogens is 303 g/mol. The number of cyclic esters (lactones) is 1. The number of allylic oxidation sites excluding steroid dienone is 1. The fourth-order valence-electron chi connectivity index (χ4n) is 2.21. The summed E-state index contributed by atoms with van der Waals surface area (Å²) in [6.45, 7) is -0.103. The van der Waals surface area contributed by atoms with Crippen LogP contribution < -0.4 is 0 Å². The molecule has 1 aromatic carbocycles. The minimum Gasteiger partial charge on any atom is -0.507 e. The van der Waals surface area contributed by atoms with Crippen molar-refractivity contribution in [2.24, 2.45) is 0 Å². The number of phenols is 1. The third-order valence-corrected chi connectivity index (χ3v) is 3.35. The van der Waals surface area contributed by atoms with Crippen molar-refractivity contribution in [2.45, 2.75) is 25.4 Å². The van der Waals surface area contributed by atoms with Crippen LogP contribution in [0.4, 0.5) is 4.39 Å². The van der Waals surface area contributed by atoms with E-state index in [0.717, 1.165) is 12.1 Å². The van der Waals surface area contributed by atoms with Crippen molar-refractivity contribution in [1.82, 2.24) is 0 Å². The number of aromatic hydroxyl groups is 1. The Kier molecular flexibility index (Phi) is 5.65. The molecule has 0 saturated heterocycles. The predicted octanol–water partition coefficient (Wildman–Crippen LogP) is 2.37. The topological polar surface area (TPSA) is 83.8 Å². The van der Waals surface area contributed by atoms with Gasteiger partial charge in [-0.05, 0) is 18.6 Å². The average molecular weight is 320 g/mol. The number of aliphatic hydroxyl groups excluding tert-OH is 1. The molecule has 0 bridgehead atoms. The third-order valence-electron chi connectivity index (χ3n) is 3.35. The van der Waals surface area contributed by atoms with Crippen LogP contribution in [0.1, 0.15) is 35.2 Å². The molecule has 1 heterocycles. The Morgan fingerprint density at radius 3 is 2.74 bits per heavy atom. The van der Waals surface area contributed by atoms with Crippen LogP contribution in [-0.2, 0) is 9.53 Å². The molecule has 0 amide bonds. The third kappa shape index (κ3) is 4.50. The van der Waals surface area contributed by atoms with Crippen molar-refractivity contribution in [3.8, 4) is 5.75 Å². The first kappa shape index (κ1) is 16.9. The van der Waals surface area contributed by atoms with Crippen molar-refractivity contribution < 1.29 is 28.9 Å². The summed E-state index contributed by atoms with van der Waals surface area (Å²) < 4.78 is 18.9. The second-order valence-electron chi connectivity index (χ2n) is 5.16. The van der Waals surface area contributed by atoms with Gasteiger partial charge < -0.3 is 14.9 Å². The highest BCUT2D eigenvalue weighted by Crippen LogP contribution is 2.26. The number of esters is 1. The second kappa shape index (κ2) is 7.69. The number of hydrogen-bond acceptors (Lipinski definition) is 5. The molecule has 5 nitrogen and oxygen atoms in total. The lowest BCUT2D eigenvalue weighted by molar-refractivity contribution is -0.120. The summed E-state index contributed by atoms with van der Waals surface area (Å²) in [5.74, 6) is -2.09. The number of hydrogen-bond donors (Lipinski definition) is 2. The molecule has 122 valence electrons. The number of ketones is 1. The molecule has 1 aliphatic rings. The normalized spacial score (nSPS) is 19.8. The summed E-state index contributed by atoms with van der Waals surface area (Å²) in [6, 6.07) is 2.12. The molecule has 23 heavy (non-hydrogen) atoms. The van der Waals surface area contributed by atoms with Crippen molar-refractivity contribution in [3.05, 3.63) is 47.3 Å². The summed E-state index contributed by atoms with van der Waals surface area (Å²) in [4.78, 5) is 23.6. The van der Waals surface area contributed by atoms with E-state index in [2.05, 4.69) is 0 Å². The van der Waals surface area contributed by atoms with Gasteiger partial charge in [-0.3, -0.25) is 4.79 Å². The smallest absolute Gasteiger partial charge is 0.342 e. The minimum absolute atomic E-state index is 0.0101. The van der Waals surface area contributed by atoms with Crippen LogP contribution in [0, 0.1) is 5.82 Å². The van der Waals surface area contributed by atoms with Gasteiger partial charge in [0.15, 0.2) is 0 Å². The molecule has 0 saturated carbocycles. The number of Topliss-reactive ketones (excluding diaryl/α,β-unsaturated/α-hetero) is 1. The van der Waals surface area contributed by atoms with Crippen LogP contribution >= 0.6 is 0 Å². The summed E-state index contributed by atoms with van der Waals surface area (Å²) in [6.07, 6.45) is 5.13. The molecular formula is C17H17FO5. The molecule has 0 fully saturated rings. The highest BCUT2D eigenvalue weighted by molar-refractivity contribution is 5.96. The van der Waals surface area contributed by atoms with E-state index >= 15 is 0 Å². The van der Waals surface area contributed by atoms with Crippen LogP contribution in [0.15, 0.2) is 30.4 Å². The van der Waals surface area contributed by atoms with Crippen molar-refractivity contribution >= 4 is 17.8 Å². The maximum absolute atomic E-state index is 14.0. The summed E-state index contributed by atoms with van der Waals surface area (Å²) in [5, 5.41) is 19.6. The van der Waals surface area contributed by atoms with Gasteiger partial charge >= 0.3 is 5.97 Å². The van der Waals surface area contributed by atoms with E-state index in [-0.39, 0.29) is 48.5 Å². The molecule has 0 radical (unpaired) electrons. The zero-order valence-electron chi connectivity index (χ0n) is 12.4. The van der Waals surface area contributed by atoms with Gasteiger partial charge in [0.1, 0.15) is 29.5 Å². The lowest BCUT2D eigenvalue weighted by atomic mass is 10.0. The van der Waals surface area contributed by atoms with Gasteiger partial charge in [0, 0.05) is 18.4 Å². The summed E-state index contributed by atoms with van der Waals surface area (Å²) >= 11 is 0. The number of carbonyl (C=O) groups excluding carboxylic acids is 2. The Balaban J connectivity index is 2.37. The Hall–Kier alpha value is -2.47. The Morgan fingerprint density at radius 1 is 1.17 bits per heavy atom. The van der Waals surface area contributed by atoms with E-state index in [9.17, 15) is 24.2 Å². The monoisotopic (exact) mass is 320 g/mol. The number of benzene rings is 1. The molecule has 0 aliphatic carbocycles. The van der Waals surface area contributed by atoms with Gasteiger partial charge in [-0.25, -0.2) is 9.18 Å². The standard InChI is InChI=1S/C17H17FO5/c18-14-7-8-15(21)16-13(14)6-3-5-12(20)10-11(19)4-1-2-9-23-17(16)22/h1-3,6-8,12,20-21H,4-5,9-10H2/t12-/m0/s1. The molecule has 0 unspecified atom stereocenters. The maximum atomic E-state index is 14.0. The van der Waals surface area contributed by atoms with Gasteiger partial charge in [0.2, 0.25) is 0 Å². The van der Waals surface area contributed by atoms with Crippen LogP contribution in [0.2, 0.25) is 0 Å². The number of rotatable bonds is 0. The van der Waals surface area contributed by atoms with Gasteiger partial charge in [-0.1, -0.05) is 24.3 Å². The van der Waals surface area contributed by atoms with Crippen molar-refractivity contribution in [2.75, 3.05) is 6.61 Å². The van der Waals surface area contributed by atoms with Gasteiger partial charge in [-0.2, -0.15) is 0 Å². The fraction of sp³-hybridized carbons (Fsp3) is 0.294. The first-order chi connectivity index (χ1) is 11.0. The van der Waals surface area contributed by atoms with Gasteiger partial charge in [-0.15, -0.1) is 0 Å². The van der Waals surface area contributed by atoms with E-state index < -0.39 is 17.9 Å². The van der Waals surface area contributed by atoms with E-state index in [1.54, 1.807) is 0 Å². The van der Waals surface area contributed by atoms with Crippen LogP contribution in [-0.4, -0.2) is 34.7 Å². The second-order valence-corrected chi connectivity index (χ2v) is 5.16. The number of carbonyl (C=O) groups is 2. The highest BCUT2D eigenvalue weighted by Gasteiger charge is 2.20. The average Bonchev–Trinajstić information content (AvgIpc) is 2.49. The van der Waals surface area contributed by atoms with E-state index in [4.69, 9.17) is 4.74 Å². The number of phenolic OH excluding ortho intramolecular Hbond substituents is 1. The first-order valence-corrected chi connectivity index (χ1v) is 7.19. The Labute approximate surface area is 132 Å².